The summed E-state index contributed by atoms with van der Waals surface area (Å²) in [6.07, 6.45) is 7.16. The van der Waals surface area contributed by atoms with Crippen LogP contribution in [-0.4, -0.2) is 22.9 Å². The fraction of sp³-hybridized carbons (Fsp3) is 0.286. The number of anilines is 1. The molecule has 0 spiro atoms. The normalized spacial score (nSPS) is 11.7. The molecule has 0 bridgehead atoms. The van der Waals surface area contributed by atoms with Gasteiger partial charge in [0, 0.05) is 46.5 Å². The molecule has 5 rings (SSSR count). The Hall–Kier alpha value is -4.90. The van der Waals surface area contributed by atoms with Gasteiger partial charge in [0.05, 0.1) is 12.6 Å². The lowest BCUT2D eigenvalue weighted by molar-refractivity contribution is -0.137. The molecule has 1 N–H and O–H groups in total. The predicted octanol–water partition coefficient (Wildman–Crippen LogP) is 9.59. The molecular formula is C42H46N2O3. The van der Waals surface area contributed by atoms with Gasteiger partial charge in [0.2, 0.25) is 0 Å². The molecule has 1 heterocycles. The van der Waals surface area contributed by atoms with Crippen LogP contribution in [0.2, 0.25) is 0 Å². The van der Waals surface area contributed by atoms with Gasteiger partial charge < -0.3 is 14.6 Å². The Morgan fingerprint density at radius 3 is 2.00 bits per heavy atom. The molecule has 0 aliphatic heterocycles. The molecular weight excluding hydrogens is 580 g/mol. The van der Waals surface area contributed by atoms with Gasteiger partial charge in [0.1, 0.15) is 0 Å². The van der Waals surface area contributed by atoms with Crippen molar-refractivity contribution in [1.82, 2.24) is 4.57 Å². The molecule has 5 heteroatoms. The predicted molar refractivity (Wildman–Crippen MR) is 193 cm³/mol. The number of allylic oxidation sites excluding steroid dienone is 1. The highest BCUT2D eigenvalue weighted by Gasteiger charge is 2.19. The second-order valence-electron chi connectivity index (χ2n) is 13.0. The first-order chi connectivity index (χ1) is 22.7. The molecule has 0 fully saturated rings. The topological polar surface area (TPSA) is 60.3 Å². The zero-order valence-electron chi connectivity index (χ0n) is 28.2. The van der Waals surface area contributed by atoms with E-state index in [1.807, 2.05) is 59.3 Å². The third kappa shape index (κ3) is 8.68. The molecule has 5 nitrogen and oxygen atoms in total. The van der Waals surface area contributed by atoms with Crippen molar-refractivity contribution in [2.45, 2.75) is 60.0 Å². The molecule has 0 aliphatic carbocycles. The van der Waals surface area contributed by atoms with Crippen molar-refractivity contribution in [2.75, 3.05) is 11.9 Å². The number of ether oxygens (including phenoxy) is 1. The van der Waals surface area contributed by atoms with Gasteiger partial charge >= 0.3 is 5.97 Å². The van der Waals surface area contributed by atoms with E-state index in [9.17, 15) is 9.59 Å². The third-order valence-corrected chi connectivity index (χ3v) is 8.23. The van der Waals surface area contributed by atoms with Crippen molar-refractivity contribution in [3.8, 4) is 0 Å². The van der Waals surface area contributed by atoms with Crippen LogP contribution >= 0.6 is 0 Å². The number of hydrogen-bond donors (Lipinski definition) is 1. The van der Waals surface area contributed by atoms with E-state index >= 15 is 0 Å². The Bertz CT molecular complexity index is 1780. The Morgan fingerprint density at radius 1 is 0.787 bits per heavy atom. The molecule has 242 valence electrons. The average molecular weight is 627 g/mol. The van der Waals surface area contributed by atoms with Crippen molar-refractivity contribution in [2.24, 2.45) is 11.8 Å². The number of nitrogens with zero attached hydrogens (tertiary/aromatic N) is 1. The van der Waals surface area contributed by atoms with Crippen LogP contribution in [0.3, 0.4) is 0 Å². The number of aromatic nitrogens is 1. The maximum absolute atomic E-state index is 14.0. The summed E-state index contributed by atoms with van der Waals surface area (Å²) in [5.74, 6) is 0.767. The standard InChI is InChI=1S/C42H46N2O3/c1-6-47-40(45)15-10-24-44-28-38(37-13-7-8-14-39(37)44)42(46)35-11-9-12-36(27-35)43-41(33-20-16-31(17-21-33)25-29(2)3)34-22-18-32(19-23-34)26-30(4)5/h7-23,27-30,41,43H,6,24-26H2,1-5H3/b15-10+. The van der Waals surface area contributed by atoms with Crippen LogP contribution in [0.1, 0.15) is 78.8 Å². The van der Waals surface area contributed by atoms with Crippen LogP contribution in [0.15, 0.2) is 115 Å². The molecule has 47 heavy (non-hydrogen) atoms. The molecule has 1 aromatic heterocycles. The Balaban J connectivity index is 1.44. The summed E-state index contributed by atoms with van der Waals surface area (Å²) in [4.78, 5) is 25.8. The second-order valence-corrected chi connectivity index (χ2v) is 13.0. The van der Waals surface area contributed by atoms with E-state index in [0.717, 1.165) is 29.4 Å². The molecule has 0 atom stereocenters. The first kappa shape index (κ1) is 33.5. The van der Waals surface area contributed by atoms with Crippen LogP contribution in [0.25, 0.3) is 10.9 Å². The van der Waals surface area contributed by atoms with Gasteiger partial charge in [-0.2, -0.15) is 0 Å². The van der Waals surface area contributed by atoms with Crippen LogP contribution in [-0.2, 0) is 28.9 Å². The third-order valence-electron chi connectivity index (χ3n) is 8.23. The highest BCUT2D eigenvalue weighted by Crippen LogP contribution is 2.30. The number of benzene rings is 4. The van der Waals surface area contributed by atoms with Gasteiger partial charge in [0.25, 0.3) is 0 Å². The maximum Gasteiger partial charge on any atom is 0.330 e. The molecule has 0 radical (unpaired) electrons. The van der Waals surface area contributed by atoms with E-state index in [0.29, 0.717) is 36.1 Å². The van der Waals surface area contributed by atoms with Gasteiger partial charge in [-0.15, -0.1) is 0 Å². The van der Waals surface area contributed by atoms with Crippen molar-refractivity contribution >= 4 is 28.3 Å². The monoisotopic (exact) mass is 626 g/mol. The summed E-state index contributed by atoms with van der Waals surface area (Å²) < 4.78 is 6.99. The molecule has 0 amide bonds. The number of carbonyl (C=O) groups excluding carboxylic acids is 2. The number of hydrogen-bond acceptors (Lipinski definition) is 4. The van der Waals surface area contributed by atoms with E-state index in [1.165, 1.54) is 28.3 Å². The minimum Gasteiger partial charge on any atom is -0.463 e. The van der Waals surface area contributed by atoms with Crippen LogP contribution in [0.4, 0.5) is 5.69 Å². The quantitative estimate of drug-likeness (QED) is 0.0758. The van der Waals surface area contributed by atoms with Gasteiger partial charge in [-0.3, -0.25) is 4.79 Å². The lowest BCUT2D eigenvalue weighted by Crippen LogP contribution is -2.13. The molecule has 0 saturated heterocycles. The van der Waals surface area contributed by atoms with E-state index in [-0.39, 0.29) is 17.8 Å². The van der Waals surface area contributed by atoms with Gasteiger partial charge in [-0.05, 0) is 72.1 Å². The van der Waals surface area contributed by atoms with Crippen LogP contribution in [0, 0.1) is 11.8 Å². The second kappa shape index (κ2) is 15.6. The molecule has 0 saturated carbocycles. The highest BCUT2D eigenvalue weighted by molar-refractivity contribution is 6.16. The number of nitrogens with one attached hydrogen (secondary N) is 1. The van der Waals surface area contributed by atoms with E-state index in [4.69, 9.17) is 4.74 Å². The van der Waals surface area contributed by atoms with Gasteiger partial charge in [-0.25, -0.2) is 4.79 Å². The summed E-state index contributed by atoms with van der Waals surface area (Å²) in [5.41, 5.74) is 8.05. The van der Waals surface area contributed by atoms with Crippen molar-refractivity contribution < 1.29 is 14.3 Å². The van der Waals surface area contributed by atoms with E-state index < -0.39 is 0 Å². The summed E-state index contributed by atoms with van der Waals surface area (Å²) >= 11 is 0. The largest absolute Gasteiger partial charge is 0.463 e. The lowest BCUT2D eigenvalue weighted by Gasteiger charge is -2.22. The van der Waals surface area contributed by atoms with Crippen LogP contribution < -0.4 is 5.32 Å². The van der Waals surface area contributed by atoms with Crippen molar-refractivity contribution in [1.29, 1.82) is 0 Å². The summed E-state index contributed by atoms with van der Waals surface area (Å²) in [7, 11) is 0. The average Bonchev–Trinajstić information content (AvgIpc) is 3.42. The molecule has 5 aromatic rings. The Labute approximate surface area is 279 Å². The number of ketones is 1. The zero-order chi connectivity index (χ0) is 33.3. The molecule has 4 aromatic carbocycles. The fourth-order valence-corrected chi connectivity index (χ4v) is 6.10. The minimum atomic E-state index is -0.374. The van der Waals surface area contributed by atoms with E-state index in [1.54, 1.807) is 13.0 Å². The highest BCUT2D eigenvalue weighted by atomic mass is 16.5. The summed E-state index contributed by atoms with van der Waals surface area (Å²) in [6.45, 7) is 11.5. The SMILES string of the molecule is CCOC(=O)/C=C/Cn1cc(C(=O)c2cccc(NC(c3ccc(CC(C)C)cc3)c3ccc(CC(C)C)cc3)c2)c2ccccc21. The number of carbonyl (C=O) groups is 2. The number of rotatable bonds is 14. The van der Waals surface area contributed by atoms with Crippen LogP contribution in [0.5, 0.6) is 0 Å². The van der Waals surface area contributed by atoms with Crippen molar-refractivity contribution in [3.05, 3.63) is 149 Å². The smallest absolute Gasteiger partial charge is 0.330 e. The first-order valence-electron chi connectivity index (χ1n) is 16.7. The summed E-state index contributed by atoms with van der Waals surface area (Å²) in [5, 5.41) is 4.64. The zero-order valence-corrected chi connectivity index (χ0v) is 28.2. The van der Waals surface area contributed by atoms with Gasteiger partial charge in [0.15, 0.2) is 5.78 Å². The molecule has 0 aliphatic rings. The Morgan fingerprint density at radius 2 is 1.40 bits per heavy atom. The Kier molecular flexibility index (Phi) is 11.1. The number of fused-ring (bicyclic) bond motifs is 1. The number of para-hydroxylation sites is 1. The summed E-state index contributed by atoms with van der Waals surface area (Å²) in [6, 6.07) is 33.4. The molecule has 0 unspecified atom stereocenters. The lowest BCUT2D eigenvalue weighted by atomic mass is 9.93. The first-order valence-corrected chi connectivity index (χ1v) is 16.7. The minimum absolute atomic E-state index is 0.0504. The fourth-order valence-electron chi connectivity index (χ4n) is 6.10. The van der Waals surface area contributed by atoms with E-state index in [2.05, 4.69) is 81.5 Å². The van der Waals surface area contributed by atoms with Gasteiger partial charge in [-0.1, -0.05) is 113 Å². The van der Waals surface area contributed by atoms with Crippen molar-refractivity contribution in [3.63, 3.8) is 0 Å². The number of esters is 1. The maximum atomic E-state index is 14.0.